The van der Waals surface area contributed by atoms with Gasteiger partial charge in [0.25, 0.3) is 0 Å². The van der Waals surface area contributed by atoms with Gasteiger partial charge >= 0.3 is 0 Å². The van der Waals surface area contributed by atoms with E-state index in [9.17, 15) is 0 Å². The maximum atomic E-state index is 5.82. The van der Waals surface area contributed by atoms with E-state index in [0.717, 1.165) is 12.8 Å². The van der Waals surface area contributed by atoms with Crippen LogP contribution in [0.15, 0.2) is 12.7 Å². The molecule has 60 valence electrons. The van der Waals surface area contributed by atoms with Gasteiger partial charge in [-0.05, 0) is 25.2 Å². The zero-order valence-corrected chi connectivity index (χ0v) is 7.14. The molecular weight excluding hydrogens is 122 g/mol. The lowest BCUT2D eigenvalue weighted by molar-refractivity contribution is 0.453. The molecule has 0 saturated heterocycles. The lowest BCUT2D eigenvalue weighted by Crippen LogP contribution is -2.25. The molecule has 0 heterocycles. The van der Waals surface area contributed by atoms with Crippen LogP contribution in [0.25, 0.3) is 0 Å². The van der Waals surface area contributed by atoms with Crippen LogP contribution in [0.1, 0.15) is 33.1 Å². The molecule has 10 heavy (non-hydrogen) atoms. The summed E-state index contributed by atoms with van der Waals surface area (Å²) in [6.45, 7) is 7.99. The number of allylic oxidation sites excluding steroid dienone is 1. The molecule has 1 atom stereocenters. The summed E-state index contributed by atoms with van der Waals surface area (Å²) in [4.78, 5) is 0. The standard InChI is InChI=1S/C9H19N/c1-4-5-6-7-9(10)8(2)3/h4,8-9H,1,5-7,10H2,2-3H3. The maximum Gasteiger partial charge on any atom is 0.00620 e. The van der Waals surface area contributed by atoms with Gasteiger partial charge in [-0.1, -0.05) is 19.9 Å². The molecule has 0 rings (SSSR count). The molecule has 0 fully saturated rings. The molecule has 0 spiro atoms. The summed E-state index contributed by atoms with van der Waals surface area (Å²) >= 11 is 0. The fourth-order valence-electron chi connectivity index (χ4n) is 0.831. The van der Waals surface area contributed by atoms with E-state index >= 15 is 0 Å². The normalized spacial score (nSPS) is 13.6. The van der Waals surface area contributed by atoms with Crippen LogP contribution in [0, 0.1) is 5.92 Å². The number of hydrogen-bond donors (Lipinski definition) is 1. The first-order chi connectivity index (χ1) is 4.68. The van der Waals surface area contributed by atoms with Gasteiger partial charge in [0, 0.05) is 6.04 Å². The minimum Gasteiger partial charge on any atom is -0.327 e. The van der Waals surface area contributed by atoms with Crippen molar-refractivity contribution >= 4 is 0 Å². The summed E-state index contributed by atoms with van der Waals surface area (Å²) in [6, 6.07) is 0.375. The highest BCUT2D eigenvalue weighted by molar-refractivity contribution is 4.70. The molecule has 1 unspecified atom stereocenters. The third kappa shape index (κ3) is 4.57. The molecule has 0 aromatic carbocycles. The van der Waals surface area contributed by atoms with Crippen LogP contribution in [-0.4, -0.2) is 6.04 Å². The van der Waals surface area contributed by atoms with Gasteiger partial charge in [-0.15, -0.1) is 6.58 Å². The summed E-state index contributed by atoms with van der Waals surface area (Å²) in [5, 5.41) is 0. The molecule has 0 aliphatic rings. The molecule has 0 saturated carbocycles. The van der Waals surface area contributed by atoms with Crippen LogP contribution in [0.2, 0.25) is 0 Å². The monoisotopic (exact) mass is 141 g/mol. The summed E-state index contributed by atoms with van der Waals surface area (Å²) < 4.78 is 0. The Hall–Kier alpha value is -0.300. The SMILES string of the molecule is C=CCCCC(N)C(C)C. The molecule has 1 heteroatoms. The third-order valence-electron chi connectivity index (χ3n) is 1.80. The van der Waals surface area contributed by atoms with Crippen molar-refractivity contribution in [2.24, 2.45) is 11.7 Å². The molecule has 0 aromatic heterocycles. The molecule has 0 aromatic rings. The predicted octanol–water partition coefficient (Wildman–Crippen LogP) is 2.33. The van der Waals surface area contributed by atoms with E-state index < -0.39 is 0 Å². The van der Waals surface area contributed by atoms with E-state index in [4.69, 9.17) is 5.73 Å². The first-order valence-electron chi connectivity index (χ1n) is 4.05. The van der Waals surface area contributed by atoms with Crippen molar-refractivity contribution in [3.63, 3.8) is 0 Å². The Labute approximate surface area is 64.3 Å². The van der Waals surface area contributed by atoms with Crippen LogP contribution in [0.4, 0.5) is 0 Å². The van der Waals surface area contributed by atoms with Crippen LogP contribution in [0.3, 0.4) is 0 Å². The van der Waals surface area contributed by atoms with Gasteiger partial charge in [-0.3, -0.25) is 0 Å². The van der Waals surface area contributed by atoms with Crippen LogP contribution >= 0.6 is 0 Å². The largest absolute Gasteiger partial charge is 0.327 e. The topological polar surface area (TPSA) is 26.0 Å². The number of rotatable bonds is 5. The molecule has 0 bridgehead atoms. The highest BCUT2D eigenvalue weighted by atomic mass is 14.6. The van der Waals surface area contributed by atoms with Crippen molar-refractivity contribution in [2.45, 2.75) is 39.2 Å². The Balaban J connectivity index is 3.21. The second-order valence-electron chi connectivity index (χ2n) is 3.13. The van der Waals surface area contributed by atoms with Crippen molar-refractivity contribution in [1.82, 2.24) is 0 Å². The third-order valence-corrected chi connectivity index (χ3v) is 1.80. The minimum atomic E-state index is 0.375. The van der Waals surface area contributed by atoms with Gasteiger partial charge < -0.3 is 5.73 Å². The number of unbranched alkanes of at least 4 members (excludes halogenated alkanes) is 1. The molecule has 0 amide bonds. The summed E-state index contributed by atoms with van der Waals surface area (Å²) in [7, 11) is 0. The highest BCUT2D eigenvalue weighted by Crippen LogP contribution is 2.07. The second kappa shape index (κ2) is 5.48. The van der Waals surface area contributed by atoms with E-state index in [-0.39, 0.29) is 0 Å². The Morgan fingerprint density at radius 3 is 2.50 bits per heavy atom. The van der Waals surface area contributed by atoms with E-state index in [1.165, 1.54) is 6.42 Å². The van der Waals surface area contributed by atoms with E-state index in [0.29, 0.717) is 12.0 Å². The van der Waals surface area contributed by atoms with Crippen molar-refractivity contribution in [3.8, 4) is 0 Å². The highest BCUT2D eigenvalue weighted by Gasteiger charge is 2.05. The average Bonchev–Trinajstić information content (AvgIpc) is 1.88. The Kier molecular flexibility index (Phi) is 5.32. The molecule has 2 N–H and O–H groups in total. The first kappa shape index (κ1) is 9.70. The quantitative estimate of drug-likeness (QED) is 0.461. The fourth-order valence-corrected chi connectivity index (χ4v) is 0.831. The predicted molar refractivity (Wildman–Crippen MR) is 46.9 cm³/mol. The first-order valence-corrected chi connectivity index (χ1v) is 4.05. The van der Waals surface area contributed by atoms with Gasteiger partial charge in [0.1, 0.15) is 0 Å². The van der Waals surface area contributed by atoms with Crippen molar-refractivity contribution in [2.75, 3.05) is 0 Å². The molecule has 0 aliphatic carbocycles. The fraction of sp³-hybridized carbons (Fsp3) is 0.778. The van der Waals surface area contributed by atoms with Crippen LogP contribution in [0.5, 0.6) is 0 Å². The van der Waals surface area contributed by atoms with Gasteiger partial charge in [-0.2, -0.15) is 0 Å². The van der Waals surface area contributed by atoms with Gasteiger partial charge in [-0.25, -0.2) is 0 Å². The summed E-state index contributed by atoms with van der Waals surface area (Å²) in [5.41, 5.74) is 5.82. The Morgan fingerprint density at radius 2 is 2.10 bits per heavy atom. The Morgan fingerprint density at radius 1 is 1.50 bits per heavy atom. The second-order valence-corrected chi connectivity index (χ2v) is 3.13. The Bertz CT molecular complexity index is 86.7. The van der Waals surface area contributed by atoms with Crippen LogP contribution in [-0.2, 0) is 0 Å². The van der Waals surface area contributed by atoms with Crippen molar-refractivity contribution in [1.29, 1.82) is 0 Å². The van der Waals surface area contributed by atoms with Crippen molar-refractivity contribution in [3.05, 3.63) is 12.7 Å². The number of nitrogens with two attached hydrogens (primary N) is 1. The van der Waals surface area contributed by atoms with Crippen LogP contribution < -0.4 is 5.73 Å². The smallest absolute Gasteiger partial charge is 0.00620 e. The van der Waals surface area contributed by atoms with Gasteiger partial charge in [0.2, 0.25) is 0 Å². The minimum absolute atomic E-state index is 0.375. The summed E-state index contributed by atoms with van der Waals surface area (Å²) in [6.07, 6.45) is 5.36. The lowest BCUT2D eigenvalue weighted by Gasteiger charge is -2.13. The average molecular weight is 141 g/mol. The van der Waals surface area contributed by atoms with E-state index in [2.05, 4.69) is 20.4 Å². The van der Waals surface area contributed by atoms with Crippen molar-refractivity contribution < 1.29 is 0 Å². The maximum absolute atomic E-state index is 5.82. The zero-order valence-electron chi connectivity index (χ0n) is 7.14. The van der Waals surface area contributed by atoms with Gasteiger partial charge in [0.05, 0.1) is 0 Å². The number of hydrogen-bond acceptors (Lipinski definition) is 1. The lowest BCUT2D eigenvalue weighted by atomic mass is 10.00. The van der Waals surface area contributed by atoms with Gasteiger partial charge in [0.15, 0.2) is 0 Å². The molecule has 0 radical (unpaired) electrons. The van der Waals surface area contributed by atoms with E-state index in [1.54, 1.807) is 0 Å². The molecule has 1 nitrogen and oxygen atoms in total. The van der Waals surface area contributed by atoms with E-state index in [1.807, 2.05) is 6.08 Å². The molecular formula is C9H19N. The summed E-state index contributed by atoms with van der Waals surface area (Å²) in [5.74, 6) is 0.616. The molecule has 0 aliphatic heterocycles. The zero-order chi connectivity index (χ0) is 7.98.